The summed E-state index contributed by atoms with van der Waals surface area (Å²) in [7, 11) is 1.23. The van der Waals surface area contributed by atoms with Crippen molar-refractivity contribution in [2.45, 2.75) is 18.1 Å². The molecule has 7 heteroatoms. The zero-order chi connectivity index (χ0) is 15.9. The number of carbonyl (C=O) groups is 3. The van der Waals surface area contributed by atoms with E-state index in [0.29, 0.717) is 10.9 Å². The number of esters is 1. The first-order valence-electron chi connectivity index (χ1n) is 6.74. The largest absolute Gasteiger partial charge is 0.468 e. The number of nitrogens with one attached hydrogen (secondary N) is 1. The quantitative estimate of drug-likeness (QED) is 0.657. The van der Waals surface area contributed by atoms with Gasteiger partial charge in [-0.25, -0.2) is 4.99 Å². The molecule has 1 aliphatic heterocycles. The minimum absolute atomic E-state index is 0.155. The molecule has 2 fully saturated rings. The van der Waals surface area contributed by atoms with Crippen molar-refractivity contribution in [2.75, 3.05) is 7.11 Å². The number of amidine groups is 1. The first kappa shape index (κ1) is 14.8. The van der Waals surface area contributed by atoms with E-state index in [2.05, 4.69) is 15.0 Å². The van der Waals surface area contributed by atoms with E-state index in [4.69, 9.17) is 0 Å². The predicted octanol–water partition coefficient (Wildman–Crippen LogP) is 1.35. The molecule has 1 saturated carbocycles. The van der Waals surface area contributed by atoms with Crippen LogP contribution in [0.4, 0.5) is 5.69 Å². The van der Waals surface area contributed by atoms with Gasteiger partial charge in [0.25, 0.3) is 0 Å². The number of rotatable bonds is 2. The number of thioether (sulfide) groups is 1. The maximum atomic E-state index is 12.2. The maximum Gasteiger partial charge on any atom is 0.316 e. The molecule has 2 atom stereocenters. The van der Waals surface area contributed by atoms with Crippen LogP contribution in [-0.2, 0) is 19.1 Å². The van der Waals surface area contributed by atoms with Crippen molar-refractivity contribution in [2.24, 2.45) is 10.9 Å². The van der Waals surface area contributed by atoms with Gasteiger partial charge in [-0.15, -0.1) is 0 Å². The van der Waals surface area contributed by atoms with Crippen LogP contribution in [0.15, 0.2) is 29.3 Å². The van der Waals surface area contributed by atoms with Crippen molar-refractivity contribution < 1.29 is 19.1 Å². The van der Waals surface area contributed by atoms with Crippen LogP contribution in [0.3, 0.4) is 0 Å². The number of hydrogen-bond donors (Lipinski definition) is 1. The predicted molar refractivity (Wildman–Crippen MR) is 81.9 cm³/mol. The molecule has 1 spiro atoms. The Morgan fingerprint density at radius 2 is 2.05 bits per heavy atom. The number of ketones is 1. The van der Waals surface area contributed by atoms with E-state index < -0.39 is 28.3 Å². The van der Waals surface area contributed by atoms with Gasteiger partial charge in [0.05, 0.1) is 12.8 Å². The summed E-state index contributed by atoms with van der Waals surface area (Å²) in [5.74, 6) is -2.25. The molecular formula is C15H14N2O4S. The van der Waals surface area contributed by atoms with E-state index in [1.54, 1.807) is 0 Å². The third kappa shape index (κ3) is 2.21. The van der Waals surface area contributed by atoms with E-state index in [9.17, 15) is 14.4 Å². The Hall–Kier alpha value is -2.15. The van der Waals surface area contributed by atoms with E-state index in [1.165, 1.54) is 7.11 Å². The van der Waals surface area contributed by atoms with Crippen molar-refractivity contribution in [1.82, 2.24) is 5.32 Å². The van der Waals surface area contributed by atoms with Gasteiger partial charge in [0.1, 0.15) is 5.92 Å². The average molecular weight is 318 g/mol. The highest BCUT2D eigenvalue weighted by Gasteiger charge is 2.65. The zero-order valence-electron chi connectivity index (χ0n) is 12.1. The summed E-state index contributed by atoms with van der Waals surface area (Å²) in [6.07, 6.45) is 0.155. The van der Waals surface area contributed by atoms with Crippen LogP contribution in [0.1, 0.15) is 12.0 Å². The monoisotopic (exact) mass is 318 g/mol. The number of methoxy groups -OCH3 is 1. The van der Waals surface area contributed by atoms with Gasteiger partial charge in [-0.3, -0.25) is 14.4 Å². The number of carbonyl (C=O) groups excluding carboxylic acids is 3. The van der Waals surface area contributed by atoms with Crippen molar-refractivity contribution in [3.05, 3.63) is 29.8 Å². The number of nitrogens with zero attached hydrogens (tertiary/aromatic N) is 1. The first-order chi connectivity index (χ1) is 10.5. The highest BCUT2D eigenvalue weighted by Crippen LogP contribution is 2.49. The minimum Gasteiger partial charge on any atom is -0.468 e. The fourth-order valence-corrected chi connectivity index (χ4v) is 3.74. The van der Waals surface area contributed by atoms with Crippen LogP contribution in [0.5, 0.6) is 0 Å². The Morgan fingerprint density at radius 3 is 2.64 bits per heavy atom. The molecule has 1 heterocycles. The molecule has 0 aromatic heterocycles. The molecule has 0 bridgehead atoms. The lowest BCUT2D eigenvalue weighted by Gasteiger charge is -2.37. The molecule has 1 amide bonds. The Bertz CT molecular complexity index is 698. The summed E-state index contributed by atoms with van der Waals surface area (Å²) in [4.78, 5) is 40.1. The highest BCUT2D eigenvalue weighted by molar-refractivity contribution is 8.17. The van der Waals surface area contributed by atoms with Crippen molar-refractivity contribution in [1.29, 1.82) is 0 Å². The van der Waals surface area contributed by atoms with Gasteiger partial charge in [0.15, 0.2) is 15.7 Å². The van der Waals surface area contributed by atoms with Crippen LogP contribution in [-0.4, -0.2) is 34.7 Å². The molecule has 1 N–H and O–H groups in total. The second-order valence-electron chi connectivity index (χ2n) is 5.28. The summed E-state index contributed by atoms with van der Waals surface area (Å²) < 4.78 is 3.35. The molecule has 1 saturated heterocycles. The summed E-state index contributed by atoms with van der Waals surface area (Å²) in [5.41, 5.74) is 1.81. The van der Waals surface area contributed by atoms with Crippen LogP contribution >= 0.6 is 11.8 Å². The van der Waals surface area contributed by atoms with E-state index in [0.717, 1.165) is 17.3 Å². The fraction of sp³-hybridized carbons (Fsp3) is 0.333. The van der Waals surface area contributed by atoms with Crippen molar-refractivity contribution in [3.63, 3.8) is 0 Å². The normalized spacial score (nSPS) is 28.6. The Morgan fingerprint density at radius 1 is 1.36 bits per heavy atom. The van der Waals surface area contributed by atoms with E-state index in [1.807, 2.05) is 31.2 Å². The molecule has 2 unspecified atom stereocenters. The number of aryl methyl sites for hydroxylation is 1. The Labute approximate surface area is 131 Å². The number of aliphatic imine (C=N–C) groups is 1. The number of Topliss-reactive ketones (excluding diaryl/α,β-unsaturated/α-hetero) is 1. The summed E-state index contributed by atoms with van der Waals surface area (Å²) >= 11 is 1.08. The van der Waals surface area contributed by atoms with Gasteiger partial charge in [-0.2, -0.15) is 0 Å². The van der Waals surface area contributed by atoms with Gasteiger partial charge in [0.2, 0.25) is 5.91 Å². The van der Waals surface area contributed by atoms with Crippen molar-refractivity contribution >= 4 is 40.3 Å². The van der Waals surface area contributed by atoms with Gasteiger partial charge in [0, 0.05) is 0 Å². The Kier molecular flexibility index (Phi) is 3.52. The van der Waals surface area contributed by atoms with Crippen LogP contribution in [0.2, 0.25) is 0 Å². The van der Waals surface area contributed by atoms with Crippen LogP contribution < -0.4 is 5.32 Å². The van der Waals surface area contributed by atoms with E-state index >= 15 is 0 Å². The third-order valence-corrected chi connectivity index (χ3v) is 5.10. The number of hydrogen-bond acceptors (Lipinski definition) is 6. The van der Waals surface area contributed by atoms with Gasteiger partial charge in [-0.05, 0) is 25.5 Å². The van der Waals surface area contributed by atoms with Gasteiger partial charge in [-0.1, -0.05) is 29.5 Å². The SMILES string of the molecule is COC(=O)C1CC2(SC(=Nc3ccc(C)cc3)NC2=O)C1=O. The van der Waals surface area contributed by atoms with Crippen molar-refractivity contribution in [3.8, 4) is 0 Å². The van der Waals surface area contributed by atoms with Gasteiger partial charge < -0.3 is 10.1 Å². The van der Waals surface area contributed by atoms with E-state index in [-0.39, 0.29) is 6.42 Å². The molecule has 1 aliphatic carbocycles. The second-order valence-corrected chi connectivity index (χ2v) is 6.57. The molecule has 0 radical (unpaired) electrons. The molecule has 22 heavy (non-hydrogen) atoms. The molecular weight excluding hydrogens is 304 g/mol. The number of amides is 1. The maximum absolute atomic E-state index is 12.2. The molecule has 1 aromatic rings. The lowest BCUT2D eigenvalue weighted by Crippen LogP contribution is -2.59. The lowest BCUT2D eigenvalue weighted by atomic mass is 9.72. The van der Waals surface area contributed by atoms with Crippen LogP contribution in [0.25, 0.3) is 0 Å². The Balaban J connectivity index is 1.79. The fourth-order valence-electron chi connectivity index (χ4n) is 2.48. The second kappa shape index (κ2) is 5.24. The number of benzene rings is 1. The topological polar surface area (TPSA) is 84.8 Å². The molecule has 114 valence electrons. The van der Waals surface area contributed by atoms with Gasteiger partial charge >= 0.3 is 5.97 Å². The molecule has 2 aliphatic rings. The van der Waals surface area contributed by atoms with Crippen LogP contribution in [0, 0.1) is 12.8 Å². The minimum atomic E-state index is -1.22. The summed E-state index contributed by atoms with van der Waals surface area (Å²) in [5, 5.41) is 3.00. The molecule has 3 rings (SSSR count). The highest BCUT2D eigenvalue weighted by atomic mass is 32.2. The molecule has 1 aromatic carbocycles. The number of ether oxygens (including phenoxy) is 1. The zero-order valence-corrected chi connectivity index (χ0v) is 12.9. The third-order valence-electron chi connectivity index (χ3n) is 3.81. The standard InChI is InChI=1S/C15H14N2O4S/c1-8-3-5-9(6-4-8)16-14-17-13(20)15(22-14)7-10(11(15)18)12(19)21-2/h3-6,10H,7H2,1-2H3,(H,16,17,20). The smallest absolute Gasteiger partial charge is 0.316 e. The average Bonchev–Trinajstić information content (AvgIpc) is 2.84. The summed E-state index contributed by atoms with van der Waals surface area (Å²) in [6, 6.07) is 7.50. The molecule has 6 nitrogen and oxygen atoms in total. The first-order valence-corrected chi connectivity index (χ1v) is 7.56. The summed E-state index contributed by atoms with van der Waals surface area (Å²) in [6.45, 7) is 1.97. The lowest BCUT2D eigenvalue weighted by molar-refractivity contribution is -0.157.